The Hall–Kier alpha value is -3.78. The number of hydrogen-bond acceptors (Lipinski definition) is 5. The van der Waals surface area contributed by atoms with Gasteiger partial charge in [0.15, 0.2) is 0 Å². The predicted molar refractivity (Wildman–Crippen MR) is 126 cm³/mol. The Labute approximate surface area is 193 Å². The van der Waals surface area contributed by atoms with Crippen LogP contribution in [0.25, 0.3) is 22.4 Å². The number of para-hydroxylation sites is 2. The molecule has 3 amide bonds. The highest BCUT2D eigenvalue weighted by atomic mass is 32.1. The molecule has 33 heavy (non-hydrogen) atoms. The molecule has 0 radical (unpaired) electrons. The standard InChI is InChI=1S/C25H20N4O3S/c30-20(13-29-24(31)14-7-1-2-8-15(14)25(29)32)28-23-21(16-9-3-6-12-19(16)33-23)22-26-17-10-4-5-11-18(17)27-22/h1-2,4-5,7-8,10-11H,3,6,9,12-13H2,(H,26,27)(H,28,30). The van der Waals surface area contributed by atoms with Gasteiger partial charge in [-0.05, 0) is 55.5 Å². The minimum atomic E-state index is -0.436. The van der Waals surface area contributed by atoms with Gasteiger partial charge in [-0.2, -0.15) is 0 Å². The molecule has 0 saturated carbocycles. The van der Waals surface area contributed by atoms with E-state index in [0.717, 1.165) is 53.0 Å². The number of amides is 3. The van der Waals surface area contributed by atoms with Gasteiger partial charge in [-0.25, -0.2) is 4.98 Å². The van der Waals surface area contributed by atoms with Crippen molar-refractivity contribution in [1.82, 2.24) is 14.9 Å². The molecule has 6 rings (SSSR count). The van der Waals surface area contributed by atoms with Crippen LogP contribution in [0.1, 0.15) is 44.0 Å². The Morgan fingerprint density at radius 3 is 2.45 bits per heavy atom. The van der Waals surface area contributed by atoms with Gasteiger partial charge in [0.25, 0.3) is 11.8 Å². The number of H-pyrrole nitrogens is 1. The number of benzene rings is 2. The zero-order valence-electron chi connectivity index (χ0n) is 17.7. The number of hydrogen-bond donors (Lipinski definition) is 2. The number of aryl methyl sites for hydroxylation is 1. The number of anilines is 1. The summed E-state index contributed by atoms with van der Waals surface area (Å²) in [6.45, 7) is -0.325. The average molecular weight is 457 g/mol. The normalized spacial score (nSPS) is 15.1. The van der Waals surface area contributed by atoms with Crippen molar-refractivity contribution in [2.75, 3.05) is 11.9 Å². The number of aromatic amines is 1. The number of fused-ring (bicyclic) bond motifs is 3. The zero-order chi connectivity index (χ0) is 22.5. The third kappa shape index (κ3) is 3.25. The van der Waals surface area contributed by atoms with Gasteiger partial charge in [-0.15, -0.1) is 11.3 Å². The second-order valence-electron chi connectivity index (χ2n) is 8.31. The van der Waals surface area contributed by atoms with Gasteiger partial charge in [0, 0.05) is 4.88 Å². The molecule has 1 aliphatic heterocycles. The summed E-state index contributed by atoms with van der Waals surface area (Å²) < 4.78 is 0. The van der Waals surface area contributed by atoms with E-state index < -0.39 is 17.7 Å². The van der Waals surface area contributed by atoms with Crippen molar-refractivity contribution in [2.45, 2.75) is 25.7 Å². The first-order valence-corrected chi connectivity index (χ1v) is 11.8. The van der Waals surface area contributed by atoms with Crippen LogP contribution >= 0.6 is 11.3 Å². The van der Waals surface area contributed by atoms with Crippen molar-refractivity contribution in [3.8, 4) is 11.4 Å². The van der Waals surface area contributed by atoms with Crippen molar-refractivity contribution in [3.05, 3.63) is 70.1 Å². The largest absolute Gasteiger partial charge is 0.338 e. The lowest BCUT2D eigenvalue weighted by molar-refractivity contribution is -0.116. The molecule has 164 valence electrons. The Balaban J connectivity index is 1.32. The number of carbonyl (C=O) groups is 3. The molecule has 2 N–H and O–H groups in total. The topological polar surface area (TPSA) is 95.2 Å². The number of thiophene rings is 1. The molecule has 0 spiro atoms. The molecule has 2 aliphatic rings. The van der Waals surface area contributed by atoms with Crippen LogP contribution in [-0.2, 0) is 17.6 Å². The van der Waals surface area contributed by atoms with Crippen molar-refractivity contribution in [2.24, 2.45) is 0 Å². The van der Waals surface area contributed by atoms with Gasteiger partial charge in [0.05, 0.1) is 27.7 Å². The van der Waals surface area contributed by atoms with E-state index in [1.165, 1.54) is 10.4 Å². The second kappa shape index (κ2) is 7.67. The first-order chi connectivity index (χ1) is 16.1. The lowest BCUT2D eigenvalue weighted by atomic mass is 9.95. The van der Waals surface area contributed by atoms with E-state index in [9.17, 15) is 14.4 Å². The lowest BCUT2D eigenvalue weighted by Crippen LogP contribution is -2.37. The van der Waals surface area contributed by atoms with E-state index >= 15 is 0 Å². The van der Waals surface area contributed by atoms with Gasteiger partial charge in [0.2, 0.25) is 5.91 Å². The monoisotopic (exact) mass is 456 g/mol. The Kier molecular flexibility index (Phi) is 4.62. The molecule has 0 saturated heterocycles. The Morgan fingerprint density at radius 2 is 1.70 bits per heavy atom. The second-order valence-corrected chi connectivity index (χ2v) is 9.41. The van der Waals surface area contributed by atoms with E-state index in [1.807, 2.05) is 24.3 Å². The smallest absolute Gasteiger partial charge is 0.262 e. The van der Waals surface area contributed by atoms with E-state index in [4.69, 9.17) is 4.98 Å². The minimum Gasteiger partial charge on any atom is -0.338 e. The molecule has 1 aliphatic carbocycles. The molecule has 0 unspecified atom stereocenters. The average Bonchev–Trinajstić information content (AvgIpc) is 3.48. The summed E-state index contributed by atoms with van der Waals surface area (Å²) in [5.74, 6) is -0.547. The summed E-state index contributed by atoms with van der Waals surface area (Å²) in [7, 11) is 0. The first kappa shape index (κ1) is 19.9. The number of rotatable bonds is 4. The van der Waals surface area contributed by atoms with Crippen LogP contribution in [0.4, 0.5) is 5.00 Å². The number of aromatic nitrogens is 2. The highest BCUT2D eigenvalue weighted by Gasteiger charge is 2.36. The van der Waals surface area contributed by atoms with Crippen molar-refractivity contribution < 1.29 is 14.4 Å². The number of nitrogens with zero attached hydrogens (tertiary/aromatic N) is 2. The maximum atomic E-state index is 13.0. The summed E-state index contributed by atoms with van der Waals surface area (Å²) in [4.78, 5) is 48.7. The summed E-state index contributed by atoms with van der Waals surface area (Å²) in [6.07, 6.45) is 4.13. The van der Waals surface area contributed by atoms with Crippen molar-refractivity contribution in [1.29, 1.82) is 0 Å². The number of nitrogens with one attached hydrogen (secondary N) is 2. The molecular formula is C25H20N4O3S. The van der Waals surface area contributed by atoms with Crippen LogP contribution in [0, 0.1) is 0 Å². The minimum absolute atomic E-state index is 0.325. The highest BCUT2D eigenvalue weighted by Crippen LogP contribution is 2.43. The molecule has 0 bridgehead atoms. The van der Waals surface area contributed by atoms with Gasteiger partial charge < -0.3 is 10.3 Å². The molecule has 2 aromatic heterocycles. The number of carbonyl (C=O) groups excluding carboxylic acids is 3. The maximum absolute atomic E-state index is 13.0. The fraction of sp³-hybridized carbons (Fsp3) is 0.200. The quantitative estimate of drug-likeness (QED) is 0.445. The van der Waals surface area contributed by atoms with Crippen LogP contribution in [-0.4, -0.2) is 39.1 Å². The third-order valence-electron chi connectivity index (χ3n) is 6.23. The first-order valence-electron chi connectivity index (χ1n) is 10.9. The fourth-order valence-electron chi connectivity index (χ4n) is 4.67. The van der Waals surface area contributed by atoms with Gasteiger partial charge in [-0.3, -0.25) is 19.3 Å². The SMILES string of the molecule is O=C(CN1C(=O)c2ccccc2C1=O)Nc1sc2c(c1-c1nc3ccccc3[nH]1)CCCC2. The molecule has 0 atom stereocenters. The maximum Gasteiger partial charge on any atom is 0.262 e. The molecule has 4 aromatic rings. The lowest BCUT2D eigenvalue weighted by Gasteiger charge is -2.14. The predicted octanol–water partition coefficient (Wildman–Crippen LogP) is 4.40. The van der Waals surface area contributed by atoms with E-state index in [2.05, 4.69) is 10.3 Å². The van der Waals surface area contributed by atoms with E-state index in [1.54, 1.807) is 35.6 Å². The van der Waals surface area contributed by atoms with E-state index in [-0.39, 0.29) is 6.54 Å². The Bertz CT molecular complexity index is 1380. The summed E-state index contributed by atoms with van der Waals surface area (Å²) >= 11 is 1.56. The molecule has 0 fully saturated rings. The number of imidazole rings is 1. The van der Waals surface area contributed by atoms with Gasteiger partial charge in [-0.1, -0.05) is 24.3 Å². The van der Waals surface area contributed by atoms with Crippen LogP contribution in [0.15, 0.2) is 48.5 Å². The van der Waals surface area contributed by atoms with Crippen molar-refractivity contribution in [3.63, 3.8) is 0 Å². The van der Waals surface area contributed by atoms with E-state index in [0.29, 0.717) is 16.1 Å². The summed E-state index contributed by atoms with van der Waals surface area (Å²) in [6, 6.07) is 14.5. The van der Waals surface area contributed by atoms with Crippen LogP contribution in [0.2, 0.25) is 0 Å². The Morgan fingerprint density at radius 1 is 1.00 bits per heavy atom. The van der Waals surface area contributed by atoms with Gasteiger partial charge >= 0.3 is 0 Å². The fourth-order valence-corrected chi connectivity index (χ4v) is 5.98. The molecular weight excluding hydrogens is 436 g/mol. The molecule has 2 aromatic carbocycles. The summed E-state index contributed by atoms with van der Waals surface area (Å²) in [5, 5.41) is 3.69. The highest BCUT2D eigenvalue weighted by molar-refractivity contribution is 7.17. The van der Waals surface area contributed by atoms with Crippen LogP contribution < -0.4 is 5.32 Å². The van der Waals surface area contributed by atoms with Crippen molar-refractivity contribution >= 4 is 45.1 Å². The third-order valence-corrected chi connectivity index (χ3v) is 7.44. The molecule has 3 heterocycles. The molecule has 7 nitrogen and oxygen atoms in total. The van der Waals surface area contributed by atoms with Crippen LogP contribution in [0.5, 0.6) is 0 Å². The molecule has 8 heteroatoms. The van der Waals surface area contributed by atoms with Crippen LogP contribution in [0.3, 0.4) is 0 Å². The summed E-state index contributed by atoms with van der Waals surface area (Å²) in [5.41, 5.74) is 4.62. The number of imide groups is 1. The zero-order valence-corrected chi connectivity index (χ0v) is 18.5. The van der Waals surface area contributed by atoms with Gasteiger partial charge in [0.1, 0.15) is 17.4 Å².